The fraction of sp³-hybridized carbons (Fsp3) is 0.222. The van der Waals surface area contributed by atoms with Crippen molar-refractivity contribution in [1.82, 2.24) is 0 Å². The molecule has 0 radical (unpaired) electrons. The normalized spacial score (nSPS) is 11.5. The monoisotopic (exact) mass is 363 g/mol. The summed E-state index contributed by atoms with van der Waals surface area (Å²) < 4.78 is 10.5. The molecule has 1 unspecified atom stereocenters. The van der Waals surface area contributed by atoms with Crippen molar-refractivity contribution in [1.29, 1.82) is 0 Å². The van der Waals surface area contributed by atoms with Crippen LogP contribution >= 0.6 is 11.6 Å². The summed E-state index contributed by atoms with van der Waals surface area (Å²) >= 11 is 5.87. The zero-order chi connectivity index (χ0) is 18.4. The number of amides is 1. The van der Waals surface area contributed by atoms with Crippen molar-refractivity contribution in [3.8, 4) is 11.5 Å². The number of aryl methyl sites for hydroxylation is 1. The lowest BCUT2D eigenvalue weighted by Crippen LogP contribution is -2.29. The Labute approximate surface area is 150 Å². The maximum atomic E-state index is 11.9. The van der Waals surface area contributed by atoms with E-state index in [-0.39, 0.29) is 5.75 Å². The van der Waals surface area contributed by atoms with Crippen LogP contribution in [0.4, 0.5) is 5.69 Å². The van der Waals surface area contributed by atoms with Crippen LogP contribution in [0.5, 0.6) is 11.5 Å². The van der Waals surface area contributed by atoms with Gasteiger partial charge in [0.1, 0.15) is 11.5 Å². The summed E-state index contributed by atoms with van der Waals surface area (Å²) in [5.41, 5.74) is 1.28. The van der Waals surface area contributed by atoms with Gasteiger partial charge in [-0.05, 0) is 61.9 Å². The summed E-state index contributed by atoms with van der Waals surface area (Å²) in [7, 11) is 0. The second-order valence-corrected chi connectivity index (χ2v) is 5.81. The minimum absolute atomic E-state index is 0.0906. The Morgan fingerprint density at radius 1 is 1.20 bits per heavy atom. The zero-order valence-electron chi connectivity index (χ0n) is 13.8. The summed E-state index contributed by atoms with van der Waals surface area (Å²) in [6.45, 7) is 2.91. The van der Waals surface area contributed by atoms with E-state index in [1.165, 1.54) is 31.2 Å². The van der Waals surface area contributed by atoms with Gasteiger partial charge in [-0.15, -0.1) is 0 Å². The Kier molecular flexibility index (Phi) is 6.25. The van der Waals surface area contributed by atoms with Crippen LogP contribution in [-0.4, -0.2) is 29.7 Å². The molecule has 0 saturated heterocycles. The van der Waals surface area contributed by atoms with E-state index in [4.69, 9.17) is 21.1 Å². The number of phenolic OH excluding ortho intramolecular Hbond substituents is 1. The number of benzene rings is 2. The first-order chi connectivity index (χ1) is 11.8. The Bertz CT molecular complexity index is 761. The number of phenols is 1. The van der Waals surface area contributed by atoms with E-state index in [9.17, 15) is 14.7 Å². The highest BCUT2D eigenvalue weighted by molar-refractivity contribution is 6.30. The van der Waals surface area contributed by atoms with Crippen LogP contribution in [0.3, 0.4) is 0 Å². The van der Waals surface area contributed by atoms with Crippen molar-refractivity contribution >= 4 is 29.2 Å². The predicted octanol–water partition coefficient (Wildman–Crippen LogP) is 3.30. The van der Waals surface area contributed by atoms with Crippen molar-refractivity contribution in [2.75, 3.05) is 11.9 Å². The smallest absolute Gasteiger partial charge is 0.347 e. The number of anilines is 1. The zero-order valence-corrected chi connectivity index (χ0v) is 14.5. The first-order valence-electron chi connectivity index (χ1n) is 7.53. The van der Waals surface area contributed by atoms with Crippen molar-refractivity contribution in [2.24, 2.45) is 0 Å². The van der Waals surface area contributed by atoms with Crippen LogP contribution in [0, 0.1) is 6.92 Å². The van der Waals surface area contributed by atoms with Gasteiger partial charge in [0.15, 0.2) is 12.7 Å². The van der Waals surface area contributed by atoms with E-state index in [0.717, 1.165) is 5.56 Å². The van der Waals surface area contributed by atoms with Crippen LogP contribution < -0.4 is 10.1 Å². The van der Waals surface area contributed by atoms with Gasteiger partial charge >= 0.3 is 5.97 Å². The molecule has 0 aliphatic carbocycles. The molecule has 1 amide bonds. The Hall–Kier alpha value is -2.73. The molecular formula is C18H18ClNO5. The quantitative estimate of drug-likeness (QED) is 0.607. The summed E-state index contributed by atoms with van der Waals surface area (Å²) in [6.07, 6.45) is -0.874. The van der Waals surface area contributed by atoms with E-state index in [1.807, 2.05) is 6.92 Å². The highest BCUT2D eigenvalue weighted by Gasteiger charge is 2.18. The first kappa shape index (κ1) is 18.6. The average Bonchev–Trinajstić information content (AvgIpc) is 2.57. The number of halogens is 1. The largest absolute Gasteiger partial charge is 0.508 e. The van der Waals surface area contributed by atoms with Gasteiger partial charge in [0, 0.05) is 10.7 Å². The van der Waals surface area contributed by atoms with Crippen LogP contribution in [-0.2, 0) is 14.3 Å². The van der Waals surface area contributed by atoms with E-state index in [0.29, 0.717) is 16.5 Å². The molecule has 2 rings (SSSR count). The molecular weight excluding hydrogens is 346 g/mol. The maximum Gasteiger partial charge on any atom is 0.347 e. The summed E-state index contributed by atoms with van der Waals surface area (Å²) in [5.74, 6) is -0.542. The molecule has 6 nitrogen and oxygen atoms in total. The number of esters is 1. The molecule has 0 heterocycles. The fourth-order valence-electron chi connectivity index (χ4n) is 1.98. The average molecular weight is 364 g/mol. The third-order valence-electron chi connectivity index (χ3n) is 3.27. The molecule has 0 aromatic heterocycles. The third-order valence-corrected chi connectivity index (χ3v) is 3.50. The number of hydrogen-bond acceptors (Lipinski definition) is 5. The van der Waals surface area contributed by atoms with Gasteiger partial charge in [0.2, 0.25) is 0 Å². The third kappa shape index (κ3) is 5.69. The highest BCUT2D eigenvalue weighted by atomic mass is 35.5. The van der Waals surface area contributed by atoms with Crippen LogP contribution in [0.15, 0.2) is 42.5 Å². The number of hydrogen-bond donors (Lipinski definition) is 2. The lowest BCUT2D eigenvalue weighted by atomic mass is 10.2. The van der Waals surface area contributed by atoms with E-state index < -0.39 is 24.6 Å². The van der Waals surface area contributed by atoms with Crippen LogP contribution in [0.2, 0.25) is 5.02 Å². The minimum Gasteiger partial charge on any atom is -0.508 e. The van der Waals surface area contributed by atoms with Crippen molar-refractivity contribution in [3.63, 3.8) is 0 Å². The number of aromatic hydroxyl groups is 1. The standard InChI is InChI=1S/C18H18ClNO5/c1-11-9-13(19)3-8-16(11)25-12(2)18(23)24-10-17(22)20-14-4-6-15(21)7-5-14/h3-9,12,21H,10H2,1-2H3,(H,20,22). The first-order valence-corrected chi connectivity index (χ1v) is 7.91. The molecule has 0 aliphatic heterocycles. The van der Waals surface area contributed by atoms with Gasteiger partial charge in [-0.3, -0.25) is 4.79 Å². The van der Waals surface area contributed by atoms with Gasteiger partial charge < -0.3 is 19.9 Å². The van der Waals surface area contributed by atoms with Crippen molar-refractivity contribution in [2.45, 2.75) is 20.0 Å². The SMILES string of the molecule is Cc1cc(Cl)ccc1OC(C)C(=O)OCC(=O)Nc1ccc(O)cc1. The molecule has 2 N–H and O–H groups in total. The maximum absolute atomic E-state index is 11.9. The Morgan fingerprint density at radius 2 is 1.88 bits per heavy atom. The molecule has 0 fully saturated rings. The van der Waals surface area contributed by atoms with Crippen LogP contribution in [0.1, 0.15) is 12.5 Å². The number of nitrogens with one attached hydrogen (secondary N) is 1. The molecule has 0 saturated carbocycles. The van der Waals surface area contributed by atoms with E-state index in [1.54, 1.807) is 18.2 Å². The van der Waals surface area contributed by atoms with Crippen molar-refractivity contribution < 1.29 is 24.2 Å². The molecule has 1 atom stereocenters. The number of rotatable bonds is 6. The van der Waals surface area contributed by atoms with Gasteiger partial charge in [-0.25, -0.2) is 4.79 Å². The fourth-order valence-corrected chi connectivity index (χ4v) is 2.21. The summed E-state index contributed by atoms with van der Waals surface area (Å²) in [5, 5.41) is 12.3. The Balaban J connectivity index is 1.82. The molecule has 132 valence electrons. The second kappa shape index (κ2) is 8.39. The van der Waals surface area contributed by atoms with E-state index >= 15 is 0 Å². The highest BCUT2D eigenvalue weighted by Crippen LogP contribution is 2.23. The number of ether oxygens (including phenoxy) is 2. The van der Waals surface area contributed by atoms with E-state index in [2.05, 4.69) is 5.32 Å². The molecule has 0 aliphatic rings. The molecule has 0 spiro atoms. The van der Waals surface area contributed by atoms with Gasteiger partial charge in [-0.2, -0.15) is 0 Å². The van der Waals surface area contributed by atoms with Gasteiger partial charge in [0.25, 0.3) is 5.91 Å². The van der Waals surface area contributed by atoms with Gasteiger partial charge in [0.05, 0.1) is 0 Å². The predicted molar refractivity (Wildman–Crippen MR) is 94.0 cm³/mol. The summed E-state index contributed by atoms with van der Waals surface area (Å²) in [6, 6.07) is 11.0. The van der Waals surface area contributed by atoms with Crippen molar-refractivity contribution in [3.05, 3.63) is 53.1 Å². The molecule has 2 aromatic rings. The number of carbonyl (C=O) groups is 2. The second-order valence-electron chi connectivity index (χ2n) is 5.37. The minimum atomic E-state index is -0.874. The van der Waals surface area contributed by atoms with Gasteiger partial charge in [-0.1, -0.05) is 11.6 Å². The summed E-state index contributed by atoms with van der Waals surface area (Å²) in [4.78, 5) is 23.7. The molecule has 2 aromatic carbocycles. The lowest BCUT2D eigenvalue weighted by molar-refractivity contribution is -0.153. The van der Waals surface area contributed by atoms with Crippen LogP contribution in [0.25, 0.3) is 0 Å². The lowest BCUT2D eigenvalue weighted by Gasteiger charge is -2.15. The molecule has 25 heavy (non-hydrogen) atoms. The molecule has 7 heteroatoms. The topological polar surface area (TPSA) is 84.9 Å². The molecule has 0 bridgehead atoms. The Morgan fingerprint density at radius 3 is 2.52 bits per heavy atom. The number of carbonyl (C=O) groups excluding carboxylic acids is 2.